The summed E-state index contributed by atoms with van der Waals surface area (Å²) in [7, 11) is 0. The van der Waals surface area contributed by atoms with Crippen LogP contribution in [0.15, 0.2) is 30.3 Å². The number of rotatable bonds is 7. The maximum atomic E-state index is 9.64. The Morgan fingerprint density at radius 2 is 2.23 bits per heavy atom. The molecule has 1 aromatic heterocycles. The standard InChI is InChI=1S/C20H25N5O/c1-2-3-7-17-12-19(25-10-5-9-18(25)14-26)24-20(23-17)22-16-8-4-6-15(11-16)13-21/h4,6,8,11-12,18,26H,2-3,5,7,9-10,14H2,1H3,(H,22,23,24). The van der Waals surface area contributed by atoms with E-state index in [1.165, 1.54) is 0 Å². The van der Waals surface area contributed by atoms with Crippen molar-refractivity contribution in [2.75, 3.05) is 23.4 Å². The molecule has 1 aliphatic rings. The number of benzene rings is 1. The molecule has 2 aromatic rings. The van der Waals surface area contributed by atoms with Crippen molar-refractivity contribution in [2.45, 2.75) is 45.1 Å². The summed E-state index contributed by atoms with van der Waals surface area (Å²) < 4.78 is 0. The van der Waals surface area contributed by atoms with Crippen molar-refractivity contribution in [3.8, 4) is 6.07 Å². The average molecular weight is 351 g/mol. The van der Waals surface area contributed by atoms with Crippen LogP contribution in [0.5, 0.6) is 0 Å². The molecule has 1 aromatic carbocycles. The lowest BCUT2D eigenvalue weighted by atomic mass is 10.2. The molecule has 26 heavy (non-hydrogen) atoms. The number of anilines is 3. The van der Waals surface area contributed by atoms with Gasteiger partial charge in [0.2, 0.25) is 5.95 Å². The van der Waals surface area contributed by atoms with Crippen LogP contribution in [0.2, 0.25) is 0 Å². The Kier molecular flexibility index (Phi) is 6.03. The summed E-state index contributed by atoms with van der Waals surface area (Å²) in [4.78, 5) is 11.5. The van der Waals surface area contributed by atoms with Gasteiger partial charge in [-0.15, -0.1) is 0 Å². The molecule has 6 nitrogen and oxygen atoms in total. The van der Waals surface area contributed by atoms with Gasteiger partial charge in [-0.05, 0) is 43.9 Å². The Labute approximate surface area is 154 Å². The van der Waals surface area contributed by atoms with Gasteiger partial charge in [0.1, 0.15) is 5.82 Å². The molecule has 6 heteroatoms. The summed E-state index contributed by atoms with van der Waals surface area (Å²) in [6.07, 6.45) is 5.12. The van der Waals surface area contributed by atoms with E-state index in [-0.39, 0.29) is 12.6 Å². The number of unbranched alkanes of at least 4 members (excludes halogenated alkanes) is 1. The number of hydrogen-bond donors (Lipinski definition) is 2. The van der Waals surface area contributed by atoms with Gasteiger partial charge >= 0.3 is 0 Å². The topological polar surface area (TPSA) is 85.1 Å². The van der Waals surface area contributed by atoms with E-state index in [2.05, 4.69) is 33.2 Å². The van der Waals surface area contributed by atoms with Crippen molar-refractivity contribution in [3.05, 3.63) is 41.6 Å². The molecule has 1 unspecified atom stereocenters. The Balaban J connectivity index is 1.90. The largest absolute Gasteiger partial charge is 0.394 e. The minimum absolute atomic E-state index is 0.124. The fourth-order valence-corrected chi connectivity index (χ4v) is 3.29. The van der Waals surface area contributed by atoms with Gasteiger partial charge < -0.3 is 15.3 Å². The zero-order chi connectivity index (χ0) is 18.4. The van der Waals surface area contributed by atoms with Crippen LogP contribution in [0.1, 0.15) is 43.9 Å². The SMILES string of the molecule is CCCCc1cc(N2CCCC2CO)nc(Nc2cccc(C#N)c2)n1. The van der Waals surface area contributed by atoms with Gasteiger partial charge in [-0.2, -0.15) is 10.2 Å². The predicted octanol–water partition coefficient (Wildman–Crippen LogP) is 3.40. The van der Waals surface area contributed by atoms with Crippen molar-refractivity contribution in [1.29, 1.82) is 5.26 Å². The molecule has 1 fully saturated rings. The molecule has 0 aliphatic carbocycles. The van der Waals surface area contributed by atoms with Gasteiger partial charge in [-0.1, -0.05) is 19.4 Å². The van der Waals surface area contributed by atoms with Crippen LogP contribution in [-0.4, -0.2) is 34.3 Å². The Hall–Kier alpha value is -2.65. The molecule has 0 saturated carbocycles. The van der Waals surface area contributed by atoms with Crippen LogP contribution in [-0.2, 0) is 6.42 Å². The second-order valence-electron chi connectivity index (χ2n) is 6.63. The molecule has 1 saturated heterocycles. The van der Waals surface area contributed by atoms with E-state index in [0.717, 1.165) is 55.8 Å². The quantitative estimate of drug-likeness (QED) is 0.795. The normalized spacial score (nSPS) is 16.5. The summed E-state index contributed by atoms with van der Waals surface area (Å²) in [6, 6.07) is 11.6. The first-order valence-corrected chi connectivity index (χ1v) is 9.26. The first-order valence-electron chi connectivity index (χ1n) is 9.26. The van der Waals surface area contributed by atoms with Crippen molar-refractivity contribution in [3.63, 3.8) is 0 Å². The lowest BCUT2D eigenvalue weighted by molar-refractivity contribution is 0.266. The molecular weight excluding hydrogens is 326 g/mol. The lowest BCUT2D eigenvalue weighted by Crippen LogP contribution is -2.33. The average Bonchev–Trinajstić information content (AvgIpc) is 3.15. The van der Waals surface area contributed by atoms with Gasteiger partial charge in [0.05, 0.1) is 24.3 Å². The third-order valence-corrected chi connectivity index (χ3v) is 4.68. The van der Waals surface area contributed by atoms with Crippen molar-refractivity contribution >= 4 is 17.5 Å². The molecule has 2 heterocycles. The van der Waals surface area contributed by atoms with Crippen LogP contribution in [0.25, 0.3) is 0 Å². The number of aryl methyl sites for hydroxylation is 1. The van der Waals surface area contributed by atoms with E-state index in [1.807, 2.05) is 18.2 Å². The van der Waals surface area contributed by atoms with Crippen molar-refractivity contribution in [1.82, 2.24) is 9.97 Å². The summed E-state index contributed by atoms with van der Waals surface area (Å²) in [5, 5.41) is 21.9. The summed E-state index contributed by atoms with van der Waals surface area (Å²) >= 11 is 0. The highest BCUT2D eigenvalue weighted by Crippen LogP contribution is 2.26. The minimum Gasteiger partial charge on any atom is -0.394 e. The van der Waals surface area contributed by atoms with E-state index in [1.54, 1.807) is 12.1 Å². The van der Waals surface area contributed by atoms with Crippen LogP contribution < -0.4 is 10.2 Å². The van der Waals surface area contributed by atoms with Crippen molar-refractivity contribution < 1.29 is 5.11 Å². The van der Waals surface area contributed by atoms with Gasteiger partial charge in [0.25, 0.3) is 0 Å². The molecule has 0 amide bonds. The molecule has 136 valence electrons. The third-order valence-electron chi connectivity index (χ3n) is 4.68. The molecule has 2 N–H and O–H groups in total. The smallest absolute Gasteiger partial charge is 0.229 e. The van der Waals surface area contributed by atoms with E-state index < -0.39 is 0 Å². The maximum Gasteiger partial charge on any atom is 0.229 e. The number of nitrogens with zero attached hydrogens (tertiary/aromatic N) is 4. The number of hydrogen-bond acceptors (Lipinski definition) is 6. The molecular formula is C20H25N5O. The fraction of sp³-hybridized carbons (Fsp3) is 0.450. The van der Waals surface area contributed by atoms with E-state index in [4.69, 9.17) is 5.26 Å². The number of aliphatic hydroxyl groups is 1. The molecule has 1 aliphatic heterocycles. The van der Waals surface area contributed by atoms with Crippen LogP contribution in [0, 0.1) is 11.3 Å². The third kappa shape index (κ3) is 4.30. The Bertz CT molecular complexity index is 786. The van der Waals surface area contributed by atoms with Crippen LogP contribution in [0.3, 0.4) is 0 Å². The first kappa shape index (κ1) is 18.2. The highest BCUT2D eigenvalue weighted by molar-refractivity contribution is 5.58. The fourth-order valence-electron chi connectivity index (χ4n) is 3.29. The first-order chi connectivity index (χ1) is 12.7. The molecule has 0 bridgehead atoms. The zero-order valence-corrected chi connectivity index (χ0v) is 15.1. The minimum atomic E-state index is 0.124. The monoisotopic (exact) mass is 351 g/mol. The molecule has 1 atom stereocenters. The molecule has 0 spiro atoms. The number of nitrogens with one attached hydrogen (secondary N) is 1. The number of aliphatic hydroxyl groups excluding tert-OH is 1. The second kappa shape index (κ2) is 8.63. The number of aromatic nitrogens is 2. The van der Waals surface area contributed by atoms with Gasteiger partial charge in [-0.3, -0.25) is 0 Å². The highest BCUT2D eigenvalue weighted by Gasteiger charge is 2.25. The summed E-state index contributed by atoms with van der Waals surface area (Å²) in [5.41, 5.74) is 2.39. The van der Waals surface area contributed by atoms with Crippen LogP contribution >= 0.6 is 0 Å². The van der Waals surface area contributed by atoms with Crippen LogP contribution in [0.4, 0.5) is 17.5 Å². The molecule has 0 radical (unpaired) electrons. The zero-order valence-electron chi connectivity index (χ0n) is 15.1. The molecule has 3 rings (SSSR count). The van der Waals surface area contributed by atoms with Gasteiger partial charge in [0, 0.05) is 24.0 Å². The predicted molar refractivity (Wildman–Crippen MR) is 103 cm³/mol. The Morgan fingerprint density at radius 3 is 3.00 bits per heavy atom. The lowest BCUT2D eigenvalue weighted by Gasteiger charge is -2.25. The van der Waals surface area contributed by atoms with Gasteiger partial charge in [-0.25, -0.2) is 4.98 Å². The number of nitriles is 1. The second-order valence-corrected chi connectivity index (χ2v) is 6.63. The summed E-state index contributed by atoms with van der Waals surface area (Å²) in [6.45, 7) is 3.21. The highest BCUT2D eigenvalue weighted by atomic mass is 16.3. The van der Waals surface area contributed by atoms with E-state index in [0.29, 0.717) is 11.5 Å². The van der Waals surface area contributed by atoms with Gasteiger partial charge in [0.15, 0.2) is 0 Å². The Morgan fingerprint density at radius 1 is 1.35 bits per heavy atom. The van der Waals surface area contributed by atoms with Crippen molar-refractivity contribution in [2.24, 2.45) is 0 Å². The maximum absolute atomic E-state index is 9.64. The van der Waals surface area contributed by atoms with E-state index in [9.17, 15) is 5.11 Å². The van der Waals surface area contributed by atoms with E-state index >= 15 is 0 Å². The summed E-state index contributed by atoms with van der Waals surface area (Å²) in [5.74, 6) is 1.40.